The monoisotopic (exact) mass is 364 g/mol. The first kappa shape index (κ1) is 11.7. The van der Waals surface area contributed by atoms with Crippen LogP contribution in [-0.2, 0) is 17.8 Å². The predicted molar refractivity (Wildman–Crippen MR) is 76.1 cm³/mol. The summed E-state index contributed by atoms with van der Waals surface area (Å²) in [5, 5.41) is 10.9. The maximum atomic E-state index is 12.2. The Labute approximate surface area is 145 Å². The van der Waals surface area contributed by atoms with Crippen molar-refractivity contribution in [2.75, 3.05) is 6.56 Å². The first-order chi connectivity index (χ1) is 13.7. The highest BCUT2D eigenvalue weighted by Crippen LogP contribution is 2.24. The van der Waals surface area contributed by atoms with Gasteiger partial charge in [0.25, 0.3) is 0 Å². The number of aromatic nitrogens is 2. The molecule has 11 heteroatoms. The topological polar surface area (TPSA) is 88.7 Å². The van der Waals surface area contributed by atoms with Crippen molar-refractivity contribution in [1.82, 2.24) is 9.55 Å². The van der Waals surface area contributed by atoms with Gasteiger partial charge < -0.3 is 24.3 Å². The number of hydrogen-bond donors (Lipinski definition) is 0. The summed E-state index contributed by atoms with van der Waals surface area (Å²) in [5.74, 6) is -1.34. The minimum absolute atomic E-state index is 0.171. The maximum Gasteiger partial charge on any atom is 0.573 e. The van der Waals surface area contributed by atoms with E-state index in [1.807, 2.05) is 0 Å². The Morgan fingerprint density at radius 3 is 2.84 bits per heavy atom. The van der Waals surface area contributed by atoms with Crippen LogP contribution in [0.4, 0.5) is 19.0 Å². The lowest BCUT2D eigenvalue weighted by atomic mass is 10.2. The molecule has 0 bridgehead atoms. The number of alkyl halides is 3. The molecule has 0 N–H and O–H groups in total. The Morgan fingerprint density at radius 2 is 2.20 bits per heavy atom. The molecule has 134 valence electrons. The van der Waals surface area contributed by atoms with E-state index in [0.717, 1.165) is 24.3 Å². The lowest BCUT2D eigenvalue weighted by molar-refractivity contribution is -0.389. The minimum Gasteiger partial charge on any atom is -0.443 e. The summed E-state index contributed by atoms with van der Waals surface area (Å²) in [4.78, 5) is 13.3. The molecular formula is C14H12F3N3O5. The van der Waals surface area contributed by atoms with Gasteiger partial charge in [-0.1, -0.05) is 12.1 Å². The van der Waals surface area contributed by atoms with Gasteiger partial charge in [0, 0.05) is 4.98 Å². The maximum absolute atomic E-state index is 12.2. The smallest absolute Gasteiger partial charge is 0.443 e. The second kappa shape index (κ2) is 6.59. The minimum atomic E-state index is -4.89. The van der Waals surface area contributed by atoms with Crippen molar-refractivity contribution in [2.45, 2.75) is 25.5 Å². The Bertz CT molecular complexity index is 969. The largest absolute Gasteiger partial charge is 0.573 e. The molecule has 0 saturated heterocycles. The summed E-state index contributed by atoms with van der Waals surface area (Å²) in [5.41, 5.74) is 0.171. The van der Waals surface area contributed by atoms with Gasteiger partial charge in [0.2, 0.25) is 0 Å². The van der Waals surface area contributed by atoms with E-state index in [1.165, 1.54) is 0 Å². The van der Waals surface area contributed by atoms with Gasteiger partial charge in [-0.05, 0) is 22.6 Å². The molecular weight excluding hydrogens is 347 g/mol. The van der Waals surface area contributed by atoms with Crippen molar-refractivity contribution < 1.29 is 39.2 Å². The number of nitro groups is 1. The van der Waals surface area contributed by atoms with Crippen LogP contribution in [0.5, 0.6) is 11.8 Å². The van der Waals surface area contributed by atoms with Crippen molar-refractivity contribution in [3.63, 3.8) is 0 Å². The van der Waals surface area contributed by atoms with Gasteiger partial charge in [0.1, 0.15) is 24.6 Å². The van der Waals surface area contributed by atoms with Gasteiger partial charge in [-0.2, -0.15) is 0 Å². The zero-order valence-corrected chi connectivity index (χ0v) is 12.1. The standard InChI is InChI=1S/C14H12F3N3O5/c15-14(16,17)25-10-3-1-9(2-4-10)7-23-11-5-19-6-12(20(21)22)18-13(19)24-8-11/h1-4,6,11H,5,7-8H2/t11-/m1/s1/i5D2,8D2,11D. The van der Waals surface area contributed by atoms with E-state index in [4.69, 9.17) is 16.3 Å². The lowest BCUT2D eigenvalue weighted by Gasteiger charge is -2.22. The van der Waals surface area contributed by atoms with Crippen LogP contribution >= 0.6 is 0 Å². The van der Waals surface area contributed by atoms with Gasteiger partial charge in [-0.15, -0.1) is 13.2 Å². The average molecular weight is 364 g/mol. The number of halogens is 3. The fraction of sp³-hybridized carbons (Fsp3) is 0.357. The van der Waals surface area contributed by atoms with Gasteiger partial charge >= 0.3 is 18.2 Å². The van der Waals surface area contributed by atoms with Crippen molar-refractivity contribution in [1.29, 1.82) is 0 Å². The third kappa shape index (κ3) is 4.38. The Hall–Kier alpha value is -2.82. The van der Waals surface area contributed by atoms with Gasteiger partial charge in [-0.3, -0.25) is 4.57 Å². The van der Waals surface area contributed by atoms with E-state index in [9.17, 15) is 23.3 Å². The summed E-state index contributed by atoms with van der Waals surface area (Å²) in [6.45, 7) is -6.74. The molecule has 3 rings (SSSR count). The molecule has 0 unspecified atom stereocenters. The molecule has 25 heavy (non-hydrogen) atoms. The number of hydrogen-bond acceptors (Lipinski definition) is 6. The number of fused-ring (bicyclic) bond motifs is 1. The molecule has 8 nitrogen and oxygen atoms in total. The first-order valence-electron chi connectivity index (χ1n) is 9.08. The van der Waals surface area contributed by atoms with Crippen LogP contribution < -0.4 is 9.47 Å². The van der Waals surface area contributed by atoms with Crippen LogP contribution in [0, 0.1) is 10.1 Å². The molecule has 0 aliphatic carbocycles. The van der Waals surface area contributed by atoms with Gasteiger partial charge in [0.15, 0.2) is 0 Å². The van der Waals surface area contributed by atoms with Gasteiger partial charge in [0.05, 0.1) is 20.0 Å². The van der Waals surface area contributed by atoms with Crippen LogP contribution in [0.3, 0.4) is 0 Å². The summed E-state index contributed by atoms with van der Waals surface area (Å²) >= 11 is 0. The molecule has 0 radical (unpaired) electrons. The number of ether oxygens (including phenoxy) is 3. The molecule has 1 aliphatic rings. The molecule has 1 aromatic heterocycles. The molecule has 1 aromatic carbocycles. The van der Waals surface area contributed by atoms with Gasteiger partial charge in [-0.25, -0.2) is 0 Å². The molecule has 0 saturated carbocycles. The van der Waals surface area contributed by atoms with Crippen LogP contribution in [-0.4, -0.2) is 33.5 Å². The van der Waals surface area contributed by atoms with Crippen molar-refractivity contribution in [3.05, 3.63) is 46.1 Å². The molecule has 2 heterocycles. The lowest BCUT2D eigenvalue weighted by Crippen LogP contribution is -2.32. The highest BCUT2D eigenvalue weighted by Gasteiger charge is 2.31. The van der Waals surface area contributed by atoms with Crippen molar-refractivity contribution in [2.24, 2.45) is 0 Å². The first-order valence-corrected chi connectivity index (χ1v) is 6.58. The van der Waals surface area contributed by atoms with Crippen LogP contribution in [0.1, 0.15) is 12.4 Å². The van der Waals surface area contributed by atoms with Crippen LogP contribution in [0.2, 0.25) is 0 Å². The Kier molecular flexibility index (Phi) is 3.08. The zero-order valence-electron chi connectivity index (χ0n) is 17.1. The zero-order chi connectivity index (χ0) is 22.5. The summed E-state index contributed by atoms with van der Waals surface area (Å²) in [6.07, 6.45) is -7.32. The van der Waals surface area contributed by atoms with E-state index in [-0.39, 0.29) is 5.56 Å². The molecule has 0 fully saturated rings. The van der Waals surface area contributed by atoms with E-state index in [2.05, 4.69) is 9.72 Å². The summed E-state index contributed by atoms with van der Waals surface area (Å²) < 4.78 is 91.2. The molecule has 0 spiro atoms. The molecule has 1 atom stereocenters. The van der Waals surface area contributed by atoms with Crippen molar-refractivity contribution >= 4 is 5.82 Å². The average Bonchev–Trinajstić information content (AvgIpc) is 3.03. The highest BCUT2D eigenvalue weighted by molar-refractivity contribution is 5.27. The second-order valence-corrected chi connectivity index (χ2v) is 4.63. The molecule has 2 aromatic rings. The number of nitrogens with zero attached hydrogens (tertiary/aromatic N) is 3. The SMILES string of the molecule is [2H]C1([2H])Oc2nc([N+](=O)[O-])cn2C([2H])([2H])[C@@]1([2H])OCc1ccc(OC(F)(F)F)cc1. The third-order valence-corrected chi connectivity index (χ3v) is 2.85. The van der Waals surface area contributed by atoms with Crippen LogP contribution in [0.25, 0.3) is 0 Å². The predicted octanol–water partition coefficient (Wildman–Crippen LogP) is 2.67. The highest BCUT2D eigenvalue weighted by atomic mass is 19.4. The number of rotatable bonds is 5. The Morgan fingerprint density at radius 1 is 1.48 bits per heavy atom. The van der Waals surface area contributed by atoms with E-state index >= 15 is 0 Å². The normalized spacial score (nSPS) is 26.8. The van der Waals surface area contributed by atoms with E-state index in [1.54, 1.807) is 0 Å². The van der Waals surface area contributed by atoms with E-state index in [0.29, 0.717) is 10.8 Å². The molecule has 0 amide bonds. The van der Waals surface area contributed by atoms with Crippen LogP contribution in [0.15, 0.2) is 30.5 Å². The Balaban J connectivity index is 1.85. The fourth-order valence-electron chi connectivity index (χ4n) is 1.82. The van der Waals surface area contributed by atoms with E-state index < -0.39 is 54.6 Å². The number of imidazole rings is 1. The molecule has 1 aliphatic heterocycles. The summed E-state index contributed by atoms with van der Waals surface area (Å²) in [6, 6.07) is 3.46. The number of benzene rings is 1. The fourth-order valence-corrected chi connectivity index (χ4v) is 1.82. The quantitative estimate of drug-likeness (QED) is 0.599. The second-order valence-electron chi connectivity index (χ2n) is 4.63. The third-order valence-electron chi connectivity index (χ3n) is 2.85. The summed E-state index contributed by atoms with van der Waals surface area (Å²) in [7, 11) is 0. The van der Waals surface area contributed by atoms with Crippen molar-refractivity contribution in [3.8, 4) is 11.8 Å².